The van der Waals surface area contributed by atoms with E-state index in [4.69, 9.17) is 5.73 Å². The summed E-state index contributed by atoms with van der Waals surface area (Å²) in [6, 6.07) is 7.59. The molecule has 2 aromatic rings. The van der Waals surface area contributed by atoms with Gasteiger partial charge < -0.3 is 11.1 Å². The summed E-state index contributed by atoms with van der Waals surface area (Å²) in [5.74, 6) is -0.632. The van der Waals surface area contributed by atoms with E-state index < -0.39 is 5.82 Å². The fraction of sp³-hybridized carbons (Fsp3) is 0.143. The second-order valence-electron chi connectivity index (χ2n) is 4.14. The molecule has 1 amide bonds. The maximum Gasteiger partial charge on any atom is 0.224 e. The van der Waals surface area contributed by atoms with E-state index in [9.17, 15) is 9.18 Å². The van der Waals surface area contributed by atoms with E-state index in [0.717, 1.165) is 5.56 Å². The van der Waals surface area contributed by atoms with Crippen molar-refractivity contribution in [1.29, 1.82) is 0 Å². The van der Waals surface area contributed by atoms with Gasteiger partial charge in [0.2, 0.25) is 5.91 Å². The number of pyridine rings is 1. The van der Waals surface area contributed by atoms with Crippen molar-refractivity contribution in [3.63, 3.8) is 0 Å². The Balaban J connectivity index is 1.93. The summed E-state index contributed by atoms with van der Waals surface area (Å²) in [5, 5.41) is 2.60. The van der Waals surface area contributed by atoms with E-state index in [1.165, 1.54) is 18.2 Å². The van der Waals surface area contributed by atoms with E-state index in [-0.39, 0.29) is 5.91 Å². The second-order valence-corrected chi connectivity index (χ2v) is 4.14. The van der Waals surface area contributed by atoms with Gasteiger partial charge in [0.1, 0.15) is 5.82 Å². The molecule has 0 atom stereocenters. The lowest BCUT2D eigenvalue weighted by molar-refractivity contribution is -0.116. The molecule has 0 fully saturated rings. The molecule has 0 saturated heterocycles. The number of carbonyl (C=O) groups is 1. The molecule has 0 bridgehead atoms. The minimum Gasteiger partial charge on any atom is -0.397 e. The summed E-state index contributed by atoms with van der Waals surface area (Å²) in [7, 11) is 0. The van der Waals surface area contributed by atoms with Crippen LogP contribution in [0.4, 0.5) is 15.8 Å². The molecule has 3 N–H and O–H groups in total. The lowest BCUT2D eigenvalue weighted by Crippen LogP contribution is -2.13. The molecule has 4 nitrogen and oxygen atoms in total. The van der Waals surface area contributed by atoms with Gasteiger partial charge in [-0.05, 0) is 42.3 Å². The quantitative estimate of drug-likeness (QED) is 0.828. The van der Waals surface area contributed by atoms with Crippen LogP contribution < -0.4 is 11.1 Å². The van der Waals surface area contributed by atoms with Crippen LogP contribution in [-0.4, -0.2) is 10.9 Å². The molecule has 1 heterocycles. The highest BCUT2D eigenvalue weighted by Crippen LogP contribution is 2.19. The van der Waals surface area contributed by atoms with Crippen LogP contribution in [0.5, 0.6) is 0 Å². The number of anilines is 2. The molecular weight excluding hydrogens is 245 g/mol. The predicted molar refractivity (Wildman–Crippen MR) is 72.0 cm³/mol. The maximum absolute atomic E-state index is 13.0. The van der Waals surface area contributed by atoms with Crippen LogP contribution in [0.15, 0.2) is 42.7 Å². The molecule has 5 heteroatoms. The first-order valence-corrected chi connectivity index (χ1v) is 5.89. The molecule has 0 aliphatic heterocycles. The molecule has 1 aromatic carbocycles. The Morgan fingerprint density at radius 1 is 1.26 bits per heavy atom. The smallest absolute Gasteiger partial charge is 0.224 e. The van der Waals surface area contributed by atoms with Crippen molar-refractivity contribution in [2.75, 3.05) is 11.1 Å². The highest BCUT2D eigenvalue weighted by atomic mass is 19.1. The first-order chi connectivity index (χ1) is 9.15. The van der Waals surface area contributed by atoms with Crippen LogP contribution in [0, 0.1) is 5.82 Å². The lowest BCUT2D eigenvalue weighted by atomic mass is 10.1. The lowest BCUT2D eigenvalue weighted by Gasteiger charge is -2.08. The number of halogens is 1. The van der Waals surface area contributed by atoms with E-state index in [0.29, 0.717) is 24.2 Å². The molecule has 0 unspecified atom stereocenters. The number of aromatic nitrogens is 1. The predicted octanol–water partition coefficient (Wildman–Crippen LogP) is 2.37. The highest BCUT2D eigenvalue weighted by molar-refractivity contribution is 5.93. The fourth-order valence-corrected chi connectivity index (χ4v) is 1.66. The van der Waals surface area contributed by atoms with Gasteiger partial charge in [0.25, 0.3) is 0 Å². The normalized spacial score (nSPS) is 10.2. The third-order valence-electron chi connectivity index (χ3n) is 2.68. The van der Waals surface area contributed by atoms with Crippen LogP contribution in [0.2, 0.25) is 0 Å². The molecule has 0 aliphatic rings. The van der Waals surface area contributed by atoms with E-state index in [2.05, 4.69) is 10.3 Å². The molecule has 0 spiro atoms. The number of nitrogen functional groups attached to an aromatic ring is 1. The molecule has 1 aromatic heterocycles. The average molecular weight is 259 g/mol. The van der Waals surface area contributed by atoms with Gasteiger partial charge in [0.05, 0.1) is 11.4 Å². The molecule has 0 aliphatic carbocycles. The van der Waals surface area contributed by atoms with Crippen LogP contribution in [0.3, 0.4) is 0 Å². The van der Waals surface area contributed by atoms with Crippen molar-refractivity contribution in [2.45, 2.75) is 12.8 Å². The number of nitrogens with one attached hydrogen (secondary N) is 1. The minimum atomic E-state index is -0.432. The third kappa shape index (κ3) is 3.77. The molecule has 2 rings (SSSR count). The second kappa shape index (κ2) is 5.95. The monoisotopic (exact) mass is 259 g/mol. The molecule has 0 saturated carbocycles. The number of carbonyl (C=O) groups excluding carboxylic acids is 1. The van der Waals surface area contributed by atoms with Gasteiger partial charge in [-0.25, -0.2) is 4.39 Å². The number of aryl methyl sites for hydroxylation is 1. The summed E-state index contributed by atoms with van der Waals surface area (Å²) in [6.07, 6.45) is 4.26. The highest BCUT2D eigenvalue weighted by Gasteiger charge is 2.06. The zero-order valence-corrected chi connectivity index (χ0v) is 10.3. The molecule has 98 valence electrons. The maximum atomic E-state index is 13.0. The number of benzene rings is 1. The SMILES string of the molecule is Nc1ccc(F)cc1NC(=O)CCc1ccncc1. The van der Waals surface area contributed by atoms with Crippen LogP contribution in [0.25, 0.3) is 0 Å². The Bertz CT molecular complexity index is 572. The van der Waals surface area contributed by atoms with Crippen LogP contribution in [-0.2, 0) is 11.2 Å². The van der Waals surface area contributed by atoms with Gasteiger partial charge in [-0.2, -0.15) is 0 Å². The first kappa shape index (κ1) is 13.0. The third-order valence-corrected chi connectivity index (χ3v) is 2.68. The Labute approximate surface area is 110 Å². The van der Waals surface area contributed by atoms with Gasteiger partial charge in [0.15, 0.2) is 0 Å². The van der Waals surface area contributed by atoms with Crippen LogP contribution >= 0.6 is 0 Å². The number of nitrogens with zero attached hydrogens (tertiary/aromatic N) is 1. The van der Waals surface area contributed by atoms with E-state index in [1.54, 1.807) is 12.4 Å². The minimum absolute atomic E-state index is 0.200. The van der Waals surface area contributed by atoms with Gasteiger partial charge in [0, 0.05) is 18.8 Å². The van der Waals surface area contributed by atoms with Gasteiger partial charge in [-0.15, -0.1) is 0 Å². The number of hydrogen-bond donors (Lipinski definition) is 2. The fourth-order valence-electron chi connectivity index (χ4n) is 1.66. The molecule has 0 radical (unpaired) electrons. The van der Waals surface area contributed by atoms with Crippen molar-refractivity contribution in [3.8, 4) is 0 Å². The summed E-state index contributed by atoms with van der Waals surface area (Å²) in [5.41, 5.74) is 7.33. The number of amides is 1. The number of nitrogens with two attached hydrogens (primary N) is 1. The van der Waals surface area contributed by atoms with Gasteiger partial charge >= 0.3 is 0 Å². The zero-order chi connectivity index (χ0) is 13.7. The average Bonchev–Trinajstić information content (AvgIpc) is 2.42. The van der Waals surface area contributed by atoms with Crippen molar-refractivity contribution in [1.82, 2.24) is 4.98 Å². The Morgan fingerprint density at radius 2 is 2.00 bits per heavy atom. The van der Waals surface area contributed by atoms with E-state index in [1.807, 2.05) is 12.1 Å². The summed E-state index contributed by atoms with van der Waals surface area (Å²) < 4.78 is 13.0. The van der Waals surface area contributed by atoms with Crippen molar-refractivity contribution in [2.24, 2.45) is 0 Å². The van der Waals surface area contributed by atoms with E-state index >= 15 is 0 Å². The van der Waals surface area contributed by atoms with Crippen molar-refractivity contribution in [3.05, 3.63) is 54.1 Å². The van der Waals surface area contributed by atoms with Crippen LogP contribution in [0.1, 0.15) is 12.0 Å². The largest absolute Gasteiger partial charge is 0.397 e. The van der Waals surface area contributed by atoms with Crippen molar-refractivity contribution < 1.29 is 9.18 Å². The van der Waals surface area contributed by atoms with Gasteiger partial charge in [-0.1, -0.05) is 0 Å². The number of hydrogen-bond acceptors (Lipinski definition) is 3. The molecular formula is C14H14FN3O. The molecule has 19 heavy (non-hydrogen) atoms. The Morgan fingerprint density at radius 3 is 2.74 bits per heavy atom. The summed E-state index contributed by atoms with van der Waals surface area (Å²) in [4.78, 5) is 15.6. The summed E-state index contributed by atoms with van der Waals surface area (Å²) >= 11 is 0. The Hall–Kier alpha value is -2.43. The topological polar surface area (TPSA) is 68.0 Å². The standard InChI is InChI=1S/C14H14FN3O/c15-11-2-3-12(16)13(9-11)18-14(19)4-1-10-5-7-17-8-6-10/h2-3,5-9H,1,4,16H2,(H,18,19). The summed E-state index contributed by atoms with van der Waals surface area (Å²) in [6.45, 7) is 0. The van der Waals surface area contributed by atoms with Crippen molar-refractivity contribution >= 4 is 17.3 Å². The van der Waals surface area contributed by atoms with Gasteiger partial charge in [-0.3, -0.25) is 9.78 Å². The first-order valence-electron chi connectivity index (χ1n) is 5.89. The zero-order valence-electron chi connectivity index (χ0n) is 10.3. The Kier molecular flexibility index (Phi) is 4.07. The number of rotatable bonds is 4.